The van der Waals surface area contributed by atoms with Crippen molar-refractivity contribution in [2.75, 3.05) is 0 Å². The van der Waals surface area contributed by atoms with Gasteiger partial charge in [0.1, 0.15) is 5.82 Å². The van der Waals surface area contributed by atoms with E-state index < -0.39 is 11.9 Å². The zero-order valence-electron chi connectivity index (χ0n) is 8.57. The van der Waals surface area contributed by atoms with Gasteiger partial charge < -0.3 is 5.11 Å². The van der Waals surface area contributed by atoms with E-state index in [0.717, 1.165) is 19.0 Å². The van der Waals surface area contributed by atoms with Crippen molar-refractivity contribution in [1.29, 1.82) is 0 Å². The molecule has 0 aromatic carbocycles. The Balaban J connectivity index is 2.78. The van der Waals surface area contributed by atoms with Crippen molar-refractivity contribution in [1.82, 2.24) is 4.98 Å². The molecule has 2 nitrogen and oxygen atoms in total. The standard InChI is InChI=1S/C11H16FNO/c1-3-4-8(2)11(14)9-5-6-13-7-10(9)12/h5-8,11,14H,3-4H2,1-2H3. The lowest BCUT2D eigenvalue weighted by Gasteiger charge is -2.18. The predicted octanol–water partition coefficient (Wildman–Crippen LogP) is 2.69. The van der Waals surface area contributed by atoms with Crippen LogP contribution in [0.4, 0.5) is 4.39 Å². The molecule has 14 heavy (non-hydrogen) atoms. The van der Waals surface area contributed by atoms with Crippen LogP contribution in [0.1, 0.15) is 38.4 Å². The van der Waals surface area contributed by atoms with E-state index in [1.807, 2.05) is 13.8 Å². The Kier molecular flexibility index (Phi) is 4.01. The van der Waals surface area contributed by atoms with Gasteiger partial charge in [-0.05, 0) is 18.4 Å². The highest BCUT2D eigenvalue weighted by atomic mass is 19.1. The molecule has 1 aromatic heterocycles. The number of pyridine rings is 1. The van der Waals surface area contributed by atoms with Gasteiger partial charge in [0.2, 0.25) is 0 Å². The predicted molar refractivity (Wildman–Crippen MR) is 53.2 cm³/mol. The summed E-state index contributed by atoms with van der Waals surface area (Å²) in [5.41, 5.74) is 0.348. The Morgan fingerprint density at radius 1 is 1.57 bits per heavy atom. The Hall–Kier alpha value is -0.960. The van der Waals surface area contributed by atoms with Crippen molar-refractivity contribution in [3.63, 3.8) is 0 Å². The third kappa shape index (κ3) is 2.51. The molecule has 0 bridgehead atoms. The summed E-state index contributed by atoms with van der Waals surface area (Å²) < 4.78 is 13.2. The molecule has 2 atom stereocenters. The molecule has 1 N–H and O–H groups in total. The number of hydrogen-bond acceptors (Lipinski definition) is 2. The smallest absolute Gasteiger partial charge is 0.147 e. The van der Waals surface area contributed by atoms with Crippen LogP contribution in [0.2, 0.25) is 0 Å². The first-order chi connectivity index (χ1) is 6.66. The number of rotatable bonds is 4. The monoisotopic (exact) mass is 197 g/mol. The Morgan fingerprint density at radius 3 is 2.86 bits per heavy atom. The van der Waals surface area contributed by atoms with E-state index in [-0.39, 0.29) is 5.92 Å². The van der Waals surface area contributed by atoms with Crippen LogP contribution in [-0.2, 0) is 0 Å². The SMILES string of the molecule is CCCC(C)C(O)c1ccncc1F. The minimum atomic E-state index is -0.724. The number of nitrogens with zero attached hydrogens (tertiary/aromatic N) is 1. The lowest BCUT2D eigenvalue weighted by Crippen LogP contribution is -2.10. The van der Waals surface area contributed by atoms with E-state index in [2.05, 4.69) is 4.98 Å². The van der Waals surface area contributed by atoms with E-state index >= 15 is 0 Å². The van der Waals surface area contributed by atoms with E-state index in [1.54, 1.807) is 0 Å². The summed E-state index contributed by atoms with van der Waals surface area (Å²) in [6.07, 6.45) is 3.80. The van der Waals surface area contributed by atoms with E-state index in [4.69, 9.17) is 0 Å². The Bertz CT molecular complexity index is 290. The van der Waals surface area contributed by atoms with Crippen LogP contribution in [0.3, 0.4) is 0 Å². The zero-order chi connectivity index (χ0) is 10.6. The molecule has 0 radical (unpaired) electrons. The van der Waals surface area contributed by atoms with E-state index in [0.29, 0.717) is 5.56 Å². The third-order valence-electron chi connectivity index (χ3n) is 2.41. The van der Waals surface area contributed by atoms with Crippen LogP contribution in [0.15, 0.2) is 18.5 Å². The molecule has 1 rings (SSSR count). The maximum atomic E-state index is 13.2. The molecule has 3 heteroatoms. The van der Waals surface area contributed by atoms with E-state index in [9.17, 15) is 9.50 Å². The molecule has 78 valence electrons. The maximum Gasteiger partial charge on any atom is 0.147 e. The molecular weight excluding hydrogens is 181 g/mol. The van der Waals surface area contributed by atoms with Gasteiger partial charge in [0.15, 0.2) is 0 Å². The fraction of sp³-hybridized carbons (Fsp3) is 0.545. The van der Waals surface area contributed by atoms with Crippen molar-refractivity contribution in [3.8, 4) is 0 Å². The summed E-state index contributed by atoms with van der Waals surface area (Å²) in [6, 6.07) is 1.53. The molecule has 0 fully saturated rings. The van der Waals surface area contributed by atoms with Gasteiger partial charge in [0.25, 0.3) is 0 Å². The highest BCUT2D eigenvalue weighted by Gasteiger charge is 2.18. The van der Waals surface area contributed by atoms with Crippen molar-refractivity contribution in [3.05, 3.63) is 29.8 Å². The van der Waals surface area contributed by atoms with Gasteiger partial charge in [-0.15, -0.1) is 0 Å². The average molecular weight is 197 g/mol. The number of aliphatic hydroxyl groups excluding tert-OH is 1. The molecule has 0 amide bonds. The summed E-state index contributed by atoms with van der Waals surface area (Å²) in [4.78, 5) is 3.65. The lowest BCUT2D eigenvalue weighted by molar-refractivity contribution is 0.108. The first kappa shape index (κ1) is 11.1. The van der Waals surface area contributed by atoms with Crippen molar-refractivity contribution >= 4 is 0 Å². The Labute approximate surface area is 83.8 Å². The minimum Gasteiger partial charge on any atom is -0.388 e. The second kappa shape index (κ2) is 5.05. The molecule has 0 saturated heterocycles. The quantitative estimate of drug-likeness (QED) is 0.805. The first-order valence-electron chi connectivity index (χ1n) is 4.94. The number of aromatic nitrogens is 1. The molecular formula is C11H16FNO. The van der Waals surface area contributed by atoms with Gasteiger partial charge in [0, 0.05) is 11.8 Å². The van der Waals surface area contributed by atoms with Gasteiger partial charge in [-0.2, -0.15) is 0 Å². The molecule has 1 aromatic rings. The highest BCUT2D eigenvalue weighted by molar-refractivity contribution is 5.16. The fourth-order valence-electron chi connectivity index (χ4n) is 1.55. The van der Waals surface area contributed by atoms with Crippen LogP contribution in [0.5, 0.6) is 0 Å². The maximum absolute atomic E-state index is 13.2. The topological polar surface area (TPSA) is 33.1 Å². The fourth-order valence-corrected chi connectivity index (χ4v) is 1.55. The average Bonchev–Trinajstić information content (AvgIpc) is 2.18. The van der Waals surface area contributed by atoms with Crippen LogP contribution >= 0.6 is 0 Å². The minimum absolute atomic E-state index is 0.0805. The van der Waals surface area contributed by atoms with E-state index in [1.165, 1.54) is 12.3 Å². The van der Waals surface area contributed by atoms with Crippen LogP contribution < -0.4 is 0 Å². The van der Waals surface area contributed by atoms with Crippen molar-refractivity contribution in [2.45, 2.75) is 32.8 Å². The molecule has 0 aliphatic heterocycles. The highest BCUT2D eigenvalue weighted by Crippen LogP contribution is 2.26. The second-order valence-electron chi connectivity index (χ2n) is 3.61. The van der Waals surface area contributed by atoms with Crippen molar-refractivity contribution in [2.24, 2.45) is 5.92 Å². The van der Waals surface area contributed by atoms with Crippen LogP contribution in [0.25, 0.3) is 0 Å². The first-order valence-corrected chi connectivity index (χ1v) is 4.94. The van der Waals surface area contributed by atoms with Crippen LogP contribution in [0, 0.1) is 11.7 Å². The Morgan fingerprint density at radius 2 is 2.29 bits per heavy atom. The van der Waals surface area contributed by atoms with Crippen LogP contribution in [-0.4, -0.2) is 10.1 Å². The normalized spacial score (nSPS) is 15.1. The van der Waals surface area contributed by atoms with Gasteiger partial charge in [-0.3, -0.25) is 4.98 Å². The lowest BCUT2D eigenvalue weighted by atomic mass is 9.94. The zero-order valence-corrected chi connectivity index (χ0v) is 8.57. The molecule has 1 heterocycles. The third-order valence-corrected chi connectivity index (χ3v) is 2.41. The molecule has 0 aliphatic carbocycles. The largest absolute Gasteiger partial charge is 0.388 e. The summed E-state index contributed by atoms with van der Waals surface area (Å²) in [6.45, 7) is 3.97. The second-order valence-corrected chi connectivity index (χ2v) is 3.61. The summed E-state index contributed by atoms with van der Waals surface area (Å²) in [5, 5.41) is 9.83. The molecule has 0 spiro atoms. The van der Waals surface area contributed by atoms with Crippen molar-refractivity contribution < 1.29 is 9.50 Å². The number of aliphatic hydroxyl groups is 1. The van der Waals surface area contributed by atoms with Gasteiger partial charge in [-0.25, -0.2) is 4.39 Å². The van der Waals surface area contributed by atoms with Gasteiger partial charge in [0.05, 0.1) is 12.3 Å². The van der Waals surface area contributed by atoms with Gasteiger partial charge in [-0.1, -0.05) is 20.3 Å². The number of hydrogen-bond donors (Lipinski definition) is 1. The number of halogens is 1. The molecule has 0 aliphatic rings. The van der Waals surface area contributed by atoms with Gasteiger partial charge >= 0.3 is 0 Å². The summed E-state index contributed by atoms with van der Waals surface area (Å²) >= 11 is 0. The molecule has 0 saturated carbocycles. The summed E-state index contributed by atoms with van der Waals surface area (Å²) in [5.74, 6) is -0.347. The molecule has 2 unspecified atom stereocenters. The summed E-state index contributed by atoms with van der Waals surface area (Å²) in [7, 11) is 0.